The molecule has 9 heteroatoms. The van der Waals surface area contributed by atoms with Crippen molar-refractivity contribution in [1.82, 2.24) is 10.2 Å². The maximum atomic E-state index is 13.1. The summed E-state index contributed by atoms with van der Waals surface area (Å²) in [5.41, 5.74) is 0.0304. The highest BCUT2D eigenvalue weighted by atomic mass is 35.5. The zero-order chi connectivity index (χ0) is 20.6. The fraction of sp³-hybridized carbons (Fsp3) is 0.550. The molecule has 1 atom stereocenters. The van der Waals surface area contributed by atoms with Gasteiger partial charge in [0.15, 0.2) is 15.6 Å². The van der Waals surface area contributed by atoms with Crippen LogP contribution in [-0.4, -0.2) is 54.9 Å². The van der Waals surface area contributed by atoms with E-state index < -0.39 is 26.9 Å². The molecular weight excluding hydrogens is 414 g/mol. The fourth-order valence-electron chi connectivity index (χ4n) is 4.36. The van der Waals surface area contributed by atoms with E-state index in [0.717, 1.165) is 38.8 Å². The average molecular weight is 440 g/mol. The second kappa shape index (κ2) is 8.16. The monoisotopic (exact) mass is 439 g/mol. The Balaban J connectivity index is 1.48. The maximum Gasteiger partial charge on any atom is 0.319 e. The largest absolute Gasteiger partial charge is 0.504 e. The molecule has 3 aliphatic rings. The van der Waals surface area contributed by atoms with Gasteiger partial charge in [0.25, 0.3) is 0 Å². The van der Waals surface area contributed by atoms with Crippen molar-refractivity contribution < 1.29 is 18.3 Å². The van der Waals surface area contributed by atoms with Crippen LogP contribution < -0.4 is 10.6 Å². The molecule has 29 heavy (non-hydrogen) atoms. The first kappa shape index (κ1) is 20.5. The fourth-order valence-corrected chi connectivity index (χ4v) is 6.84. The van der Waals surface area contributed by atoms with Crippen LogP contribution in [0.15, 0.2) is 29.2 Å². The topological polar surface area (TPSA) is 98.7 Å². The molecule has 2 fully saturated rings. The van der Waals surface area contributed by atoms with Crippen LogP contribution in [0.1, 0.15) is 38.5 Å². The first-order valence-corrected chi connectivity index (χ1v) is 12.0. The Kier molecular flexibility index (Phi) is 5.77. The normalized spacial score (nSPS) is 27.0. The van der Waals surface area contributed by atoms with Crippen molar-refractivity contribution in [2.24, 2.45) is 0 Å². The number of nitrogens with zero attached hydrogens (tertiary/aromatic N) is 1. The van der Waals surface area contributed by atoms with Gasteiger partial charge in [-0.25, -0.2) is 13.2 Å². The lowest BCUT2D eigenvalue weighted by atomic mass is 9.91. The molecule has 1 aromatic rings. The summed E-state index contributed by atoms with van der Waals surface area (Å²) >= 11 is 6.16. The van der Waals surface area contributed by atoms with Crippen molar-refractivity contribution in [3.8, 4) is 5.75 Å². The molecule has 1 unspecified atom stereocenters. The highest BCUT2D eigenvalue weighted by Gasteiger charge is 2.44. The summed E-state index contributed by atoms with van der Waals surface area (Å²) in [7, 11) is -3.80. The highest BCUT2D eigenvalue weighted by Crippen LogP contribution is 2.43. The number of sulfone groups is 1. The number of amides is 2. The molecule has 1 aliphatic heterocycles. The summed E-state index contributed by atoms with van der Waals surface area (Å²) in [5.74, 6) is -0.501. The van der Waals surface area contributed by atoms with Crippen LogP contribution in [0.5, 0.6) is 5.75 Å². The highest BCUT2D eigenvalue weighted by molar-refractivity contribution is 7.92. The first-order chi connectivity index (χ1) is 13.9. The van der Waals surface area contributed by atoms with E-state index in [1.54, 1.807) is 0 Å². The Bertz CT molecular complexity index is 922. The van der Waals surface area contributed by atoms with Gasteiger partial charge in [0.05, 0.1) is 16.0 Å². The second-order valence-electron chi connectivity index (χ2n) is 8.02. The zero-order valence-electron chi connectivity index (χ0n) is 16.1. The lowest BCUT2D eigenvalue weighted by molar-refractivity contribution is 0.161. The summed E-state index contributed by atoms with van der Waals surface area (Å²) in [6.07, 6.45) is 9.03. The lowest BCUT2D eigenvalue weighted by Gasteiger charge is -2.40. The molecule has 0 radical (unpaired) electrons. The van der Waals surface area contributed by atoms with E-state index in [-0.39, 0.29) is 27.7 Å². The second-order valence-corrected chi connectivity index (χ2v) is 10.6. The number of halogens is 1. The average Bonchev–Trinajstić information content (AvgIpc) is 3.30. The molecule has 0 aromatic heterocycles. The smallest absolute Gasteiger partial charge is 0.319 e. The molecule has 1 saturated carbocycles. The van der Waals surface area contributed by atoms with E-state index in [9.17, 15) is 18.3 Å². The number of carbonyl (C=O) groups is 1. The number of anilines is 1. The number of nitrogens with one attached hydrogen (secondary N) is 2. The molecule has 2 amide bonds. The molecule has 7 nitrogen and oxygen atoms in total. The van der Waals surface area contributed by atoms with Crippen molar-refractivity contribution in [1.29, 1.82) is 0 Å². The number of phenolic OH excluding ortho intramolecular Hbond substituents is 1. The predicted octanol–water partition coefficient (Wildman–Crippen LogP) is 3.29. The Labute approximate surface area is 176 Å². The van der Waals surface area contributed by atoms with Gasteiger partial charge in [0, 0.05) is 12.1 Å². The van der Waals surface area contributed by atoms with Crippen molar-refractivity contribution in [2.45, 2.75) is 60.8 Å². The molecule has 1 heterocycles. The molecule has 158 valence electrons. The van der Waals surface area contributed by atoms with Gasteiger partial charge in [-0.3, -0.25) is 0 Å². The number of allylic oxidation sites excluding steroid dienone is 1. The van der Waals surface area contributed by atoms with Crippen LogP contribution in [0.4, 0.5) is 10.5 Å². The van der Waals surface area contributed by atoms with E-state index in [1.807, 2.05) is 12.2 Å². The summed E-state index contributed by atoms with van der Waals surface area (Å²) in [6.45, 7) is 2.04. The predicted molar refractivity (Wildman–Crippen MR) is 112 cm³/mol. The number of urea groups is 1. The minimum Gasteiger partial charge on any atom is -0.504 e. The Morgan fingerprint density at radius 2 is 1.93 bits per heavy atom. The van der Waals surface area contributed by atoms with Gasteiger partial charge in [-0.05, 0) is 63.7 Å². The van der Waals surface area contributed by atoms with E-state index in [1.165, 1.54) is 12.1 Å². The standard InChI is InChI=1S/C20H26ClN3O4S/c21-16-7-8-17(23-20(26)22-13-5-1-2-6-13)18(25)19(16)29(27,28)15-11-14(12-15)24-9-3-4-10-24/h1,5,7-8,13-15,25H,2-4,6,9-12H2,(H2,22,23,26)/t13?,14-,15-. The SMILES string of the molecule is O=C(Nc1ccc(Cl)c(S(=O)(=O)[C@H]2C[C@H](N3CCCC3)C2)c1O)NC1C=CCC1. The Hall–Kier alpha value is -1.77. The molecule has 1 saturated heterocycles. The van der Waals surface area contributed by atoms with Crippen LogP contribution >= 0.6 is 11.6 Å². The number of likely N-dealkylation sites (tertiary alicyclic amines) is 1. The number of aromatic hydroxyl groups is 1. The summed E-state index contributed by atoms with van der Waals surface area (Å²) in [4.78, 5) is 14.3. The van der Waals surface area contributed by atoms with E-state index >= 15 is 0 Å². The maximum absolute atomic E-state index is 13.1. The first-order valence-electron chi connectivity index (χ1n) is 10.1. The summed E-state index contributed by atoms with van der Waals surface area (Å²) in [6, 6.07) is 2.53. The van der Waals surface area contributed by atoms with Gasteiger partial charge in [0.1, 0.15) is 4.90 Å². The van der Waals surface area contributed by atoms with Gasteiger partial charge in [-0.15, -0.1) is 0 Å². The van der Waals surface area contributed by atoms with Crippen LogP contribution in [0.3, 0.4) is 0 Å². The van der Waals surface area contributed by atoms with Crippen molar-refractivity contribution >= 4 is 33.2 Å². The lowest BCUT2D eigenvalue weighted by Crippen LogP contribution is -2.48. The third kappa shape index (κ3) is 4.11. The number of hydrogen-bond acceptors (Lipinski definition) is 5. The van der Waals surface area contributed by atoms with E-state index in [2.05, 4.69) is 15.5 Å². The van der Waals surface area contributed by atoms with E-state index in [0.29, 0.717) is 12.8 Å². The van der Waals surface area contributed by atoms with Gasteiger partial charge < -0.3 is 20.6 Å². The number of benzene rings is 1. The third-order valence-electron chi connectivity index (χ3n) is 6.11. The van der Waals surface area contributed by atoms with E-state index in [4.69, 9.17) is 11.6 Å². The number of carbonyl (C=O) groups excluding carboxylic acids is 1. The molecule has 0 spiro atoms. The minimum atomic E-state index is -3.80. The molecule has 0 bridgehead atoms. The minimum absolute atomic E-state index is 0.0304. The molecule has 4 rings (SSSR count). The van der Waals surface area contributed by atoms with Gasteiger partial charge in [-0.2, -0.15) is 0 Å². The van der Waals surface area contributed by atoms with Crippen molar-refractivity contribution in [3.05, 3.63) is 29.3 Å². The van der Waals surface area contributed by atoms with Gasteiger partial charge >= 0.3 is 6.03 Å². The zero-order valence-corrected chi connectivity index (χ0v) is 17.7. The summed E-state index contributed by atoms with van der Waals surface area (Å²) < 4.78 is 26.3. The number of hydrogen-bond donors (Lipinski definition) is 3. The van der Waals surface area contributed by atoms with Crippen LogP contribution in [-0.2, 0) is 9.84 Å². The van der Waals surface area contributed by atoms with Gasteiger partial charge in [0.2, 0.25) is 0 Å². The van der Waals surface area contributed by atoms with Crippen LogP contribution in [0.25, 0.3) is 0 Å². The number of rotatable bonds is 5. The third-order valence-corrected chi connectivity index (χ3v) is 8.78. The summed E-state index contributed by atoms with van der Waals surface area (Å²) in [5, 5.41) is 15.3. The number of phenols is 1. The van der Waals surface area contributed by atoms with Crippen molar-refractivity contribution in [2.75, 3.05) is 18.4 Å². The molecule has 1 aromatic carbocycles. The Morgan fingerprint density at radius 3 is 2.59 bits per heavy atom. The van der Waals surface area contributed by atoms with Crippen LogP contribution in [0.2, 0.25) is 5.02 Å². The quantitative estimate of drug-likeness (QED) is 0.483. The molecule has 3 N–H and O–H groups in total. The molecule has 2 aliphatic carbocycles. The van der Waals surface area contributed by atoms with Crippen LogP contribution in [0, 0.1) is 0 Å². The molecular formula is C20H26ClN3O4S. The van der Waals surface area contributed by atoms with Crippen molar-refractivity contribution in [3.63, 3.8) is 0 Å². The van der Waals surface area contributed by atoms with Gasteiger partial charge in [-0.1, -0.05) is 23.8 Å². The Morgan fingerprint density at radius 1 is 1.21 bits per heavy atom.